The van der Waals surface area contributed by atoms with E-state index < -0.39 is 6.10 Å². The maximum absolute atomic E-state index is 9.77. The third kappa shape index (κ3) is 1.79. The molecule has 0 aliphatic rings. The summed E-state index contributed by atoms with van der Waals surface area (Å²) < 4.78 is 1.15. The number of aliphatic hydroxyl groups excluding tert-OH is 1. The molecule has 0 amide bonds. The topological polar surface area (TPSA) is 33.1 Å². The SMILES string of the molecule is CCCC(O)c1nc2ccccc2s1. The highest BCUT2D eigenvalue weighted by Gasteiger charge is 2.11. The molecule has 14 heavy (non-hydrogen) atoms. The minimum atomic E-state index is -0.391. The molecule has 1 heterocycles. The fourth-order valence-electron chi connectivity index (χ4n) is 1.43. The molecule has 1 N–H and O–H groups in total. The van der Waals surface area contributed by atoms with Gasteiger partial charge in [-0.1, -0.05) is 25.5 Å². The van der Waals surface area contributed by atoms with Gasteiger partial charge in [0.25, 0.3) is 0 Å². The number of thiazole rings is 1. The minimum absolute atomic E-state index is 0.391. The van der Waals surface area contributed by atoms with Gasteiger partial charge in [0, 0.05) is 0 Å². The van der Waals surface area contributed by atoms with E-state index >= 15 is 0 Å². The molecule has 1 unspecified atom stereocenters. The third-order valence-corrected chi connectivity index (χ3v) is 3.30. The first-order valence-corrected chi connectivity index (χ1v) is 5.66. The highest BCUT2D eigenvalue weighted by Crippen LogP contribution is 2.28. The highest BCUT2D eigenvalue weighted by atomic mass is 32.1. The van der Waals surface area contributed by atoms with Gasteiger partial charge >= 0.3 is 0 Å². The Kier molecular flexibility index (Phi) is 2.79. The summed E-state index contributed by atoms with van der Waals surface area (Å²) in [7, 11) is 0. The minimum Gasteiger partial charge on any atom is -0.386 e. The second-order valence-corrected chi connectivity index (χ2v) is 4.39. The van der Waals surface area contributed by atoms with Crippen LogP contribution in [-0.4, -0.2) is 10.1 Å². The zero-order valence-electron chi connectivity index (χ0n) is 8.10. The van der Waals surface area contributed by atoms with E-state index in [2.05, 4.69) is 11.9 Å². The second kappa shape index (κ2) is 4.07. The van der Waals surface area contributed by atoms with E-state index in [4.69, 9.17) is 0 Å². The molecule has 2 nitrogen and oxygen atoms in total. The van der Waals surface area contributed by atoms with Crippen LogP contribution in [0.4, 0.5) is 0 Å². The van der Waals surface area contributed by atoms with Gasteiger partial charge in [0.05, 0.1) is 10.2 Å². The van der Waals surface area contributed by atoms with Crippen LogP contribution in [-0.2, 0) is 0 Å². The molecule has 74 valence electrons. The van der Waals surface area contributed by atoms with Gasteiger partial charge < -0.3 is 5.11 Å². The molecule has 1 atom stereocenters. The molecule has 1 aromatic carbocycles. The predicted octanol–water partition coefficient (Wildman–Crippen LogP) is 3.13. The summed E-state index contributed by atoms with van der Waals surface area (Å²) in [4.78, 5) is 4.40. The molecule has 0 aliphatic carbocycles. The van der Waals surface area contributed by atoms with E-state index in [1.165, 1.54) is 0 Å². The summed E-state index contributed by atoms with van der Waals surface area (Å²) in [5, 5.41) is 10.6. The third-order valence-electron chi connectivity index (χ3n) is 2.16. The van der Waals surface area contributed by atoms with Crippen molar-refractivity contribution in [3.05, 3.63) is 29.3 Å². The zero-order chi connectivity index (χ0) is 9.97. The number of aromatic nitrogens is 1. The lowest BCUT2D eigenvalue weighted by Crippen LogP contribution is -1.94. The van der Waals surface area contributed by atoms with Crippen LogP contribution in [0.5, 0.6) is 0 Å². The quantitative estimate of drug-likeness (QED) is 0.838. The van der Waals surface area contributed by atoms with E-state index in [-0.39, 0.29) is 0 Å². The zero-order valence-corrected chi connectivity index (χ0v) is 8.92. The molecule has 2 aromatic rings. The van der Waals surface area contributed by atoms with Crippen molar-refractivity contribution in [2.24, 2.45) is 0 Å². The molecule has 3 heteroatoms. The van der Waals surface area contributed by atoms with Gasteiger partial charge in [-0.05, 0) is 18.6 Å². The van der Waals surface area contributed by atoms with Crippen molar-refractivity contribution in [1.29, 1.82) is 0 Å². The standard InChI is InChI=1S/C11H13NOS/c1-2-5-9(13)11-12-8-6-3-4-7-10(8)14-11/h3-4,6-7,9,13H,2,5H2,1H3. The average Bonchev–Trinajstić information content (AvgIpc) is 2.61. The Morgan fingerprint density at radius 2 is 2.21 bits per heavy atom. The van der Waals surface area contributed by atoms with Crippen molar-refractivity contribution in [2.75, 3.05) is 0 Å². The molecule has 0 saturated heterocycles. The van der Waals surface area contributed by atoms with Crippen molar-refractivity contribution >= 4 is 21.6 Å². The Hall–Kier alpha value is -0.930. The average molecular weight is 207 g/mol. The van der Waals surface area contributed by atoms with E-state index in [0.717, 1.165) is 28.1 Å². The number of fused-ring (bicyclic) bond motifs is 1. The Bertz CT molecular complexity index is 391. The summed E-state index contributed by atoms with van der Waals surface area (Å²) in [6.07, 6.45) is 1.38. The molecule has 0 aliphatic heterocycles. The number of nitrogens with zero attached hydrogens (tertiary/aromatic N) is 1. The molecular formula is C11H13NOS. The Morgan fingerprint density at radius 1 is 1.43 bits per heavy atom. The first-order valence-electron chi connectivity index (χ1n) is 4.85. The fourth-order valence-corrected chi connectivity index (χ4v) is 2.42. The van der Waals surface area contributed by atoms with Crippen molar-refractivity contribution in [3.8, 4) is 0 Å². The number of aliphatic hydroxyl groups is 1. The predicted molar refractivity (Wildman–Crippen MR) is 59.5 cm³/mol. The molecule has 0 bridgehead atoms. The van der Waals surface area contributed by atoms with E-state index in [0.29, 0.717) is 0 Å². The largest absolute Gasteiger partial charge is 0.386 e. The number of hydrogen-bond acceptors (Lipinski definition) is 3. The van der Waals surface area contributed by atoms with Crippen LogP contribution in [0.1, 0.15) is 30.9 Å². The molecule has 0 spiro atoms. The number of hydrogen-bond donors (Lipinski definition) is 1. The van der Waals surface area contributed by atoms with Gasteiger partial charge in [-0.15, -0.1) is 11.3 Å². The van der Waals surface area contributed by atoms with Crippen molar-refractivity contribution in [3.63, 3.8) is 0 Å². The maximum Gasteiger partial charge on any atom is 0.122 e. The maximum atomic E-state index is 9.77. The Balaban J connectivity index is 2.35. The molecule has 1 aromatic heterocycles. The Morgan fingerprint density at radius 3 is 2.93 bits per heavy atom. The smallest absolute Gasteiger partial charge is 0.122 e. The van der Waals surface area contributed by atoms with Gasteiger partial charge in [0.1, 0.15) is 11.1 Å². The molecule has 0 radical (unpaired) electrons. The van der Waals surface area contributed by atoms with Crippen LogP contribution in [0.3, 0.4) is 0 Å². The lowest BCUT2D eigenvalue weighted by Gasteiger charge is -2.03. The van der Waals surface area contributed by atoms with Gasteiger partial charge in [-0.25, -0.2) is 4.98 Å². The van der Waals surface area contributed by atoms with Crippen LogP contribution < -0.4 is 0 Å². The molecule has 2 rings (SSSR count). The van der Waals surface area contributed by atoms with Crippen molar-refractivity contribution in [2.45, 2.75) is 25.9 Å². The molecular weight excluding hydrogens is 194 g/mol. The van der Waals surface area contributed by atoms with Crippen LogP contribution in [0.15, 0.2) is 24.3 Å². The lowest BCUT2D eigenvalue weighted by molar-refractivity contribution is 0.166. The van der Waals surface area contributed by atoms with Crippen LogP contribution >= 0.6 is 11.3 Å². The summed E-state index contributed by atoms with van der Waals surface area (Å²) in [6, 6.07) is 7.98. The number of rotatable bonds is 3. The first kappa shape index (κ1) is 9.62. The fraction of sp³-hybridized carbons (Fsp3) is 0.364. The highest BCUT2D eigenvalue weighted by molar-refractivity contribution is 7.18. The van der Waals surface area contributed by atoms with Gasteiger partial charge in [-0.2, -0.15) is 0 Å². The van der Waals surface area contributed by atoms with Crippen LogP contribution in [0, 0.1) is 0 Å². The van der Waals surface area contributed by atoms with Gasteiger partial charge in [0.2, 0.25) is 0 Å². The van der Waals surface area contributed by atoms with E-state index in [1.54, 1.807) is 11.3 Å². The summed E-state index contributed by atoms with van der Waals surface area (Å²) in [5.74, 6) is 0. The van der Waals surface area contributed by atoms with Crippen molar-refractivity contribution in [1.82, 2.24) is 4.98 Å². The lowest BCUT2D eigenvalue weighted by atomic mass is 10.2. The molecule has 0 saturated carbocycles. The number of benzene rings is 1. The van der Waals surface area contributed by atoms with Crippen LogP contribution in [0.25, 0.3) is 10.2 Å². The van der Waals surface area contributed by atoms with E-state index in [9.17, 15) is 5.11 Å². The normalized spacial score (nSPS) is 13.3. The molecule has 0 fully saturated rings. The monoisotopic (exact) mass is 207 g/mol. The van der Waals surface area contributed by atoms with Gasteiger partial charge in [0.15, 0.2) is 0 Å². The van der Waals surface area contributed by atoms with E-state index in [1.807, 2.05) is 24.3 Å². The second-order valence-electron chi connectivity index (χ2n) is 3.32. The first-order chi connectivity index (χ1) is 6.81. The van der Waals surface area contributed by atoms with Gasteiger partial charge in [-0.3, -0.25) is 0 Å². The van der Waals surface area contributed by atoms with Crippen molar-refractivity contribution < 1.29 is 5.11 Å². The van der Waals surface area contributed by atoms with Crippen LogP contribution in [0.2, 0.25) is 0 Å². The summed E-state index contributed by atoms with van der Waals surface area (Å²) in [6.45, 7) is 2.07. The number of para-hydroxylation sites is 1. The Labute approximate surface area is 87.2 Å². The summed E-state index contributed by atoms with van der Waals surface area (Å²) in [5.41, 5.74) is 0.989. The summed E-state index contributed by atoms with van der Waals surface area (Å²) >= 11 is 1.58.